The van der Waals surface area contributed by atoms with E-state index < -0.39 is 15.9 Å². The largest absolute Gasteiger partial charge is 0.349 e. The topological polar surface area (TPSA) is 84.6 Å². The number of nitrogens with two attached hydrogens (primary N) is 1. The number of amides is 2. The number of hydrogen-bond donors (Lipinski definition) is 2. The molecule has 0 fully saturated rings. The first-order chi connectivity index (χ1) is 9.89. The van der Waals surface area contributed by atoms with Crippen LogP contribution in [-0.4, -0.2) is 10.2 Å². The molecule has 7 heteroatoms. The van der Waals surface area contributed by atoms with Crippen LogP contribution in [0.15, 0.2) is 62.3 Å². The van der Waals surface area contributed by atoms with E-state index in [0.29, 0.717) is 10.6 Å². The molecule has 1 unspecified atom stereocenters. The van der Waals surface area contributed by atoms with Crippen molar-refractivity contribution in [2.75, 3.05) is 4.72 Å². The summed E-state index contributed by atoms with van der Waals surface area (Å²) < 4.78 is 20.2. The van der Waals surface area contributed by atoms with Gasteiger partial charge in [0, 0.05) is 10.2 Å². The molecule has 21 heavy (non-hydrogen) atoms. The van der Waals surface area contributed by atoms with Crippen LogP contribution >= 0.6 is 15.9 Å². The number of nitrogens with zero attached hydrogens (tertiary/aromatic N) is 1. The van der Waals surface area contributed by atoms with Crippen LogP contribution in [0.1, 0.15) is 5.56 Å². The smallest absolute Gasteiger partial charge is 0.348 e. The van der Waals surface area contributed by atoms with Gasteiger partial charge in [0.15, 0.2) is 9.92 Å². The number of benzene rings is 2. The highest BCUT2D eigenvalue weighted by molar-refractivity contribution is 9.10. The summed E-state index contributed by atoms with van der Waals surface area (Å²) in [6.07, 6.45) is 0. The van der Waals surface area contributed by atoms with Crippen molar-refractivity contribution in [2.24, 2.45) is 10.1 Å². The summed E-state index contributed by atoms with van der Waals surface area (Å²) >= 11 is 3.32. The lowest BCUT2D eigenvalue weighted by Crippen LogP contribution is -2.17. The quantitative estimate of drug-likeness (QED) is 0.866. The van der Waals surface area contributed by atoms with Gasteiger partial charge < -0.3 is 5.73 Å². The molecule has 2 aromatic carbocycles. The first kappa shape index (κ1) is 15.5. The first-order valence-electron chi connectivity index (χ1n) is 6.06. The third-order valence-corrected chi connectivity index (χ3v) is 5.05. The molecule has 0 heterocycles. The van der Waals surface area contributed by atoms with Gasteiger partial charge in [-0.15, -0.1) is 4.36 Å². The van der Waals surface area contributed by atoms with Gasteiger partial charge in [-0.3, -0.25) is 4.72 Å². The zero-order valence-electron chi connectivity index (χ0n) is 11.2. The predicted molar refractivity (Wildman–Crippen MR) is 87.4 cm³/mol. The summed E-state index contributed by atoms with van der Waals surface area (Å²) in [6, 6.07) is 13.0. The minimum absolute atomic E-state index is 0.398. The molecule has 0 saturated carbocycles. The Morgan fingerprint density at radius 2 is 1.71 bits per heavy atom. The Morgan fingerprint density at radius 3 is 2.24 bits per heavy atom. The van der Waals surface area contributed by atoms with E-state index in [9.17, 15) is 9.00 Å². The molecule has 110 valence electrons. The minimum Gasteiger partial charge on any atom is -0.349 e. The summed E-state index contributed by atoms with van der Waals surface area (Å²) in [6.45, 7) is 1.92. The van der Waals surface area contributed by atoms with Crippen molar-refractivity contribution in [3.8, 4) is 0 Å². The molecule has 1 atom stereocenters. The van der Waals surface area contributed by atoms with Gasteiger partial charge in [0.1, 0.15) is 0 Å². The second-order valence-corrected chi connectivity index (χ2v) is 7.20. The molecule has 2 rings (SSSR count). The van der Waals surface area contributed by atoms with Gasteiger partial charge in [0.2, 0.25) is 0 Å². The summed E-state index contributed by atoms with van der Waals surface area (Å²) in [4.78, 5) is 11.5. The average molecular weight is 368 g/mol. The molecule has 0 bridgehead atoms. The maximum atomic E-state index is 13.0. The Morgan fingerprint density at radius 1 is 1.14 bits per heavy atom. The Bertz CT molecular complexity index is 764. The monoisotopic (exact) mass is 367 g/mol. The fourth-order valence-corrected chi connectivity index (χ4v) is 3.41. The standard InChI is InChI=1S/C14H14BrN3O2S/c1-10-2-8-13(9-3-10)21(20,18-14(16)19)17-12-6-4-11(15)5-7-12/h2-9H,1H3,(H3,16,17,18,19,20). The third kappa shape index (κ3) is 4.05. The van der Waals surface area contributed by atoms with Crippen LogP contribution in [0.4, 0.5) is 10.5 Å². The lowest BCUT2D eigenvalue weighted by molar-refractivity contribution is 0.257. The number of rotatable bonds is 3. The minimum atomic E-state index is -3.16. The maximum absolute atomic E-state index is 13.0. The molecule has 2 aromatic rings. The van der Waals surface area contributed by atoms with E-state index in [1.165, 1.54) is 0 Å². The van der Waals surface area contributed by atoms with E-state index >= 15 is 0 Å². The first-order valence-corrected chi connectivity index (χ1v) is 8.36. The molecule has 0 aliphatic rings. The van der Waals surface area contributed by atoms with E-state index in [2.05, 4.69) is 25.0 Å². The Labute approximate surface area is 132 Å². The molecular formula is C14H14BrN3O2S. The summed E-state index contributed by atoms with van der Waals surface area (Å²) in [7, 11) is -3.16. The van der Waals surface area contributed by atoms with Crippen molar-refractivity contribution in [2.45, 2.75) is 11.8 Å². The normalized spacial score (nSPS) is 13.2. The van der Waals surface area contributed by atoms with Crippen molar-refractivity contribution in [3.63, 3.8) is 0 Å². The SMILES string of the molecule is Cc1ccc(S(=O)(=NC(N)=O)Nc2ccc(Br)cc2)cc1. The second kappa shape index (κ2) is 6.28. The lowest BCUT2D eigenvalue weighted by atomic mass is 10.2. The van der Waals surface area contributed by atoms with Crippen molar-refractivity contribution >= 4 is 37.6 Å². The highest BCUT2D eigenvalue weighted by Crippen LogP contribution is 2.20. The van der Waals surface area contributed by atoms with E-state index in [-0.39, 0.29) is 0 Å². The van der Waals surface area contributed by atoms with Crippen LogP contribution in [0, 0.1) is 6.92 Å². The molecule has 0 aromatic heterocycles. The number of nitrogens with one attached hydrogen (secondary N) is 1. The van der Waals surface area contributed by atoms with Crippen molar-refractivity contribution in [1.29, 1.82) is 0 Å². The Balaban J connectivity index is 2.48. The molecule has 0 saturated heterocycles. The molecule has 0 aliphatic carbocycles. The number of primary amides is 1. The van der Waals surface area contributed by atoms with Crippen LogP contribution in [0.3, 0.4) is 0 Å². The van der Waals surface area contributed by atoms with Gasteiger partial charge in [-0.05, 0) is 43.3 Å². The number of carbonyl (C=O) groups excluding carboxylic acids is 1. The highest BCUT2D eigenvalue weighted by atomic mass is 79.9. The van der Waals surface area contributed by atoms with Gasteiger partial charge >= 0.3 is 6.03 Å². The van der Waals surface area contributed by atoms with Crippen molar-refractivity contribution in [1.82, 2.24) is 0 Å². The Kier molecular flexibility index (Phi) is 4.64. The maximum Gasteiger partial charge on any atom is 0.348 e. The van der Waals surface area contributed by atoms with Crippen molar-refractivity contribution in [3.05, 3.63) is 58.6 Å². The average Bonchev–Trinajstić information content (AvgIpc) is 2.41. The number of halogens is 1. The number of anilines is 1. The van der Waals surface area contributed by atoms with E-state index in [1.54, 1.807) is 48.5 Å². The number of carbonyl (C=O) groups is 1. The van der Waals surface area contributed by atoms with Crippen LogP contribution in [0.2, 0.25) is 0 Å². The van der Waals surface area contributed by atoms with Crippen LogP contribution < -0.4 is 10.5 Å². The molecule has 0 aliphatic heterocycles. The third-order valence-electron chi connectivity index (χ3n) is 2.66. The summed E-state index contributed by atoms with van der Waals surface area (Å²) in [5.74, 6) is 0. The molecule has 0 spiro atoms. The van der Waals surface area contributed by atoms with Gasteiger partial charge in [-0.2, -0.15) is 0 Å². The van der Waals surface area contributed by atoms with Gasteiger partial charge in [-0.25, -0.2) is 9.00 Å². The van der Waals surface area contributed by atoms with Crippen molar-refractivity contribution < 1.29 is 9.00 Å². The molecular weight excluding hydrogens is 354 g/mol. The zero-order valence-corrected chi connectivity index (χ0v) is 13.6. The molecule has 0 radical (unpaired) electrons. The van der Waals surface area contributed by atoms with E-state index in [0.717, 1.165) is 10.0 Å². The van der Waals surface area contributed by atoms with Crippen LogP contribution in [-0.2, 0) is 9.92 Å². The van der Waals surface area contributed by atoms with E-state index in [1.807, 2.05) is 6.92 Å². The fourth-order valence-electron chi connectivity index (χ4n) is 1.66. The summed E-state index contributed by atoms with van der Waals surface area (Å²) in [5.41, 5.74) is 6.69. The van der Waals surface area contributed by atoms with Gasteiger partial charge in [0.25, 0.3) is 0 Å². The van der Waals surface area contributed by atoms with E-state index in [4.69, 9.17) is 5.73 Å². The zero-order chi connectivity index (χ0) is 15.5. The van der Waals surface area contributed by atoms with Gasteiger partial charge in [0.05, 0.1) is 4.90 Å². The molecule has 5 nitrogen and oxygen atoms in total. The predicted octanol–water partition coefficient (Wildman–Crippen LogP) is 3.69. The second-order valence-electron chi connectivity index (χ2n) is 4.38. The van der Waals surface area contributed by atoms with Crippen LogP contribution in [0.5, 0.6) is 0 Å². The Hall–Kier alpha value is -1.86. The lowest BCUT2D eigenvalue weighted by Gasteiger charge is -2.13. The summed E-state index contributed by atoms with van der Waals surface area (Å²) in [5, 5.41) is 0. The number of hydrogen-bond acceptors (Lipinski definition) is 2. The van der Waals surface area contributed by atoms with Gasteiger partial charge in [-0.1, -0.05) is 33.6 Å². The fraction of sp³-hybridized carbons (Fsp3) is 0.0714. The number of aryl methyl sites for hydroxylation is 1. The van der Waals surface area contributed by atoms with Crippen LogP contribution in [0.25, 0.3) is 0 Å². The highest BCUT2D eigenvalue weighted by Gasteiger charge is 2.14. The number of urea groups is 1. The molecule has 2 amide bonds. The molecule has 3 N–H and O–H groups in total.